The molecule has 0 aromatic heterocycles. The monoisotopic (exact) mass is 415 g/mol. The highest BCUT2D eigenvalue weighted by molar-refractivity contribution is 6.05. The van der Waals surface area contributed by atoms with Gasteiger partial charge in [0.1, 0.15) is 11.5 Å². The first kappa shape index (κ1) is 18.5. The second-order valence-corrected chi connectivity index (χ2v) is 11.7. The van der Waals surface area contributed by atoms with Crippen molar-refractivity contribution in [2.75, 3.05) is 13.2 Å². The molecule has 0 aromatic rings. The summed E-state index contributed by atoms with van der Waals surface area (Å²) in [5.41, 5.74) is -3.17. The van der Waals surface area contributed by atoms with E-state index in [-0.39, 0.29) is 35.9 Å². The highest BCUT2D eigenvalue weighted by atomic mass is 16.8. The van der Waals surface area contributed by atoms with Gasteiger partial charge in [-0.05, 0) is 44.1 Å². The lowest BCUT2D eigenvalue weighted by molar-refractivity contribution is -0.522. The van der Waals surface area contributed by atoms with Crippen LogP contribution in [0.15, 0.2) is 12.2 Å². The van der Waals surface area contributed by atoms with Gasteiger partial charge in [0, 0.05) is 18.4 Å². The number of ketones is 2. The number of carbonyl (C=O) groups is 2. The molecule has 30 heavy (non-hydrogen) atoms. The number of fused-ring (bicyclic) bond motifs is 2. The Morgan fingerprint density at radius 1 is 1.17 bits per heavy atom. The number of Topliss-reactive ketones (excluding diaryl/α,β-unsaturated/α-hetero) is 1. The molecule has 0 radical (unpaired) electrons. The molecule has 7 nitrogen and oxygen atoms in total. The fourth-order valence-electron chi connectivity index (χ4n) is 9.00. The number of aliphatic hydroxyl groups excluding tert-OH is 1. The molecule has 4 saturated heterocycles. The minimum atomic E-state index is -1.50. The maximum absolute atomic E-state index is 14.3. The Labute approximate surface area is 175 Å². The van der Waals surface area contributed by atoms with E-state index in [2.05, 4.69) is 19.2 Å². The molecule has 8 aliphatic rings. The van der Waals surface area contributed by atoms with Gasteiger partial charge in [-0.1, -0.05) is 19.9 Å². The average molecular weight is 415 g/mol. The first-order valence-corrected chi connectivity index (χ1v) is 11.2. The Bertz CT molecular complexity index is 951. The number of ether oxygens (including phenoxy) is 3. The van der Waals surface area contributed by atoms with E-state index in [4.69, 9.17) is 14.2 Å². The molecule has 9 atom stereocenters. The van der Waals surface area contributed by atoms with Gasteiger partial charge in [-0.15, -0.1) is 0 Å². The van der Waals surface area contributed by atoms with Crippen molar-refractivity contribution in [2.24, 2.45) is 34.0 Å². The third-order valence-electron chi connectivity index (χ3n) is 9.82. The van der Waals surface area contributed by atoms with Crippen LogP contribution in [0.5, 0.6) is 0 Å². The van der Waals surface area contributed by atoms with E-state index in [1.165, 1.54) is 0 Å². The summed E-state index contributed by atoms with van der Waals surface area (Å²) in [5.74, 6) is -3.15. The lowest BCUT2D eigenvalue weighted by Gasteiger charge is -2.75. The van der Waals surface area contributed by atoms with E-state index in [1.54, 1.807) is 6.08 Å². The molecular weight excluding hydrogens is 386 g/mol. The summed E-state index contributed by atoms with van der Waals surface area (Å²) < 4.78 is 19.4. The molecule has 4 heterocycles. The molecular formula is C23H29NO6. The average Bonchev–Trinajstić information content (AvgIpc) is 3.45. The fourth-order valence-corrected chi connectivity index (χ4v) is 9.00. The molecule has 7 heteroatoms. The van der Waals surface area contributed by atoms with Gasteiger partial charge in [-0.3, -0.25) is 9.59 Å². The van der Waals surface area contributed by atoms with Crippen molar-refractivity contribution in [1.29, 1.82) is 0 Å². The van der Waals surface area contributed by atoms with Crippen molar-refractivity contribution in [3.8, 4) is 0 Å². The SMILES string of the molecule is CC1(C)O[C@@H]2[C@H]3CCC4[C@@]56COC(O1)([C@@H](O)C5C(C)(C)C=CC6=O)[C@]42C(=O)C31CN1. The molecule has 4 unspecified atom stereocenters. The van der Waals surface area contributed by atoms with E-state index in [1.807, 2.05) is 19.9 Å². The fraction of sp³-hybridized carbons (Fsp3) is 0.826. The van der Waals surface area contributed by atoms with Crippen LogP contribution in [0.4, 0.5) is 0 Å². The summed E-state index contributed by atoms with van der Waals surface area (Å²) in [4.78, 5) is 27.9. The van der Waals surface area contributed by atoms with Gasteiger partial charge in [-0.2, -0.15) is 0 Å². The second kappa shape index (κ2) is 4.64. The highest BCUT2D eigenvalue weighted by Crippen LogP contribution is 2.79. The van der Waals surface area contributed by atoms with E-state index in [0.717, 1.165) is 12.8 Å². The van der Waals surface area contributed by atoms with Gasteiger partial charge in [-0.25, -0.2) is 0 Å². The quantitative estimate of drug-likeness (QED) is 0.568. The van der Waals surface area contributed by atoms with Crippen LogP contribution in [0.25, 0.3) is 0 Å². The summed E-state index contributed by atoms with van der Waals surface area (Å²) >= 11 is 0. The number of allylic oxidation sites excluding steroid dienone is 2. The molecule has 0 aromatic carbocycles. The molecule has 4 spiro atoms. The first-order valence-electron chi connectivity index (χ1n) is 11.2. The molecule has 8 rings (SSSR count). The van der Waals surface area contributed by atoms with Gasteiger partial charge in [0.25, 0.3) is 0 Å². The van der Waals surface area contributed by atoms with Crippen molar-refractivity contribution >= 4 is 11.6 Å². The largest absolute Gasteiger partial charge is 0.387 e. The van der Waals surface area contributed by atoms with Crippen LogP contribution in [0.3, 0.4) is 0 Å². The lowest BCUT2D eigenvalue weighted by atomic mass is 9.36. The van der Waals surface area contributed by atoms with E-state index >= 15 is 0 Å². The van der Waals surface area contributed by atoms with Crippen LogP contribution >= 0.6 is 0 Å². The number of carbonyl (C=O) groups excluding carboxylic acids is 2. The summed E-state index contributed by atoms with van der Waals surface area (Å²) in [5, 5.41) is 15.3. The maximum Gasteiger partial charge on any atom is 0.213 e. The lowest BCUT2D eigenvalue weighted by Crippen LogP contribution is -2.88. The Kier molecular flexibility index (Phi) is 2.85. The zero-order chi connectivity index (χ0) is 21.1. The van der Waals surface area contributed by atoms with Crippen LogP contribution in [0.1, 0.15) is 40.5 Å². The molecule has 2 N–H and O–H groups in total. The summed E-state index contributed by atoms with van der Waals surface area (Å²) in [6.07, 6.45) is 3.59. The topological polar surface area (TPSA) is 104 Å². The molecule has 0 amide bonds. The zero-order valence-corrected chi connectivity index (χ0v) is 17.9. The Morgan fingerprint density at radius 3 is 2.60 bits per heavy atom. The first-order chi connectivity index (χ1) is 14.0. The number of hydrogen-bond donors (Lipinski definition) is 2. The molecule has 4 aliphatic carbocycles. The van der Waals surface area contributed by atoms with Crippen molar-refractivity contribution < 1.29 is 28.9 Å². The van der Waals surface area contributed by atoms with Gasteiger partial charge in [0.05, 0.1) is 23.7 Å². The highest BCUT2D eigenvalue weighted by Gasteiger charge is 2.93. The molecule has 162 valence electrons. The van der Waals surface area contributed by atoms with Crippen LogP contribution in [0, 0.1) is 34.0 Å². The predicted molar refractivity (Wildman–Crippen MR) is 103 cm³/mol. The minimum Gasteiger partial charge on any atom is -0.387 e. The molecule has 4 aliphatic heterocycles. The predicted octanol–water partition coefficient (Wildman–Crippen LogP) is 0.944. The van der Waals surface area contributed by atoms with E-state index < -0.39 is 45.6 Å². The Hall–Kier alpha value is -1.12. The second-order valence-electron chi connectivity index (χ2n) is 11.7. The number of aliphatic hydroxyl groups is 1. The number of rotatable bonds is 0. The van der Waals surface area contributed by atoms with Gasteiger partial charge >= 0.3 is 0 Å². The van der Waals surface area contributed by atoms with Crippen molar-refractivity contribution in [1.82, 2.24) is 5.32 Å². The third-order valence-corrected chi connectivity index (χ3v) is 9.82. The van der Waals surface area contributed by atoms with Gasteiger partial charge < -0.3 is 24.6 Å². The van der Waals surface area contributed by atoms with Crippen LogP contribution in [-0.2, 0) is 23.8 Å². The summed E-state index contributed by atoms with van der Waals surface area (Å²) in [6.45, 7) is 8.58. The Balaban J connectivity index is 1.57. The standard InChI is InChI=1S/C23H29NO6/c1-18(2)8-7-13(25)20-10-28-23(15(26)14(18)20)22-12(20)6-5-11(21(9-24-21)17(22)27)16(22)29-19(3,4)30-23/h7-8,11-12,14-16,24,26H,5-6,9-10H2,1-4H3/t11-,12?,14?,15+,16-,20-,21?,22-,23?/m1/s1. The third kappa shape index (κ3) is 1.49. The van der Waals surface area contributed by atoms with Gasteiger partial charge in [0.2, 0.25) is 5.79 Å². The van der Waals surface area contributed by atoms with E-state index in [0.29, 0.717) is 6.54 Å². The number of nitrogens with one attached hydrogen (secondary N) is 1. The molecule has 7 fully saturated rings. The van der Waals surface area contributed by atoms with Crippen molar-refractivity contribution in [2.45, 2.75) is 69.9 Å². The Morgan fingerprint density at radius 2 is 1.90 bits per heavy atom. The maximum atomic E-state index is 14.3. The summed E-state index contributed by atoms with van der Waals surface area (Å²) in [7, 11) is 0. The van der Waals surface area contributed by atoms with Gasteiger partial charge in [0.15, 0.2) is 17.4 Å². The minimum absolute atomic E-state index is 0.00791. The van der Waals surface area contributed by atoms with Crippen LogP contribution in [-0.4, -0.2) is 59.1 Å². The molecule has 4 bridgehead atoms. The number of hydrogen-bond acceptors (Lipinski definition) is 7. The summed E-state index contributed by atoms with van der Waals surface area (Å²) in [6, 6.07) is 0. The smallest absolute Gasteiger partial charge is 0.213 e. The molecule has 3 saturated carbocycles. The van der Waals surface area contributed by atoms with Crippen molar-refractivity contribution in [3.63, 3.8) is 0 Å². The zero-order valence-electron chi connectivity index (χ0n) is 17.9. The van der Waals surface area contributed by atoms with Crippen LogP contribution < -0.4 is 5.32 Å². The van der Waals surface area contributed by atoms with Crippen LogP contribution in [0.2, 0.25) is 0 Å². The van der Waals surface area contributed by atoms with Crippen molar-refractivity contribution in [3.05, 3.63) is 12.2 Å². The normalized spacial score (nSPS) is 60.5. The van der Waals surface area contributed by atoms with E-state index in [9.17, 15) is 14.7 Å².